The minimum Gasteiger partial charge on any atom is -0.495 e. The van der Waals surface area contributed by atoms with Crippen LogP contribution in [-0.4, -0.2) is 34.0 Å². The van der Waals surface area contributed by atoms with Crippen molar-refractivity contribution in [2.75, 3.05) is 13.7 Å². The Morgan fingerprint density at radius 1 is 1.24 bits per heavy atom. The lowest BCUT2D eigenvalue weighted by Gasteiger charge is -2.45. The molecule has 2 aromatic carbocycles. The molecule has 1 aromatic heterocycles. The number of methoxy groups -OCH3 is 1. The molecule has 0 bridgehead atoms. The van der Waals surface area contributed by atoms with E-state index in [4.69, 9.17) is 10.5 Å². The number of rotatable bonds is 6. The molecule has 1 amide bonds. The van der Waals surface area contributed by atoms with Gasteiger partial charge in [0.15, 0.2) is 0 Å². The monoisotopic (exact) mass is 460 g/mol. The number of nitrogens with two attached hydrogens (primary N) is 1. The van der Waals surface area contributed by atoms with Gasteiger partial charge in [-0.25, -0.2) is 9.37 Å². The number of carbonyl (C=O) groups is 1. The number of nitrogens with zero attached hydrogens (tertiary/aromatic N) is 3. The molecule has 3 aromatic rings. The predicted octanol–water partition coefficient (Wildman–Crippen LogP) is 4.72. The first kappa shape index (κ1) is 23.4. The van der Waals surface area contributed by atoms with E-state index < -0.39 is 5.54 Å². The van der Waals surface area contributed by atoms with Crippen molar-refractivity contribution in [1.82, 2.24) is 14.5 Å². The molecule has 7 heteroatoms. The number of benzene rings is 2. The summed E-state index contributed by atoms with van der Waals surface area (Å²) in [6.07, 6.45) is 6.62. The topological polar surface area (TPSA) is 73.4 Å². The largest absolute Gasteiger partial charge is 0.495 e. The molecule has 1 atom stereocenters. The Morgan fingerprint density at radius 3 is 2.59 bits per heavy atom. The third-order valence-corrected chi connectivity index (χ3v) is 6.39. The molecule has 0 aliphatic carbocycles. The zero-order valence-corrected chi connectivity index (χ0v) is 19.7. The number of piperidine rings is 1. The molecule has 0 spiro atoms. The maximum atomic E-state index is 13.5. The first-order chi connectivity index (χ1) is 16.3. The smallest absolute Gasteiger partial charge is 0.228 e. The van der Waals surface area contributed by atoms with Crippen molar-refractivity contribution in [3.05, 3.63) is 95.5 Å². The molecular formula is C27H29FN4O2. The number of allylic oxidation sites excluding steroid dienone is 1. The molecule has 1 saturated heterocycles. The Hall–Kier alpha value is -3.71. The fourth-order valence-electron chi connectivity index (χ4n) is 4.42. The van der Waals surface area contributed by atoms with Crippen LogP contribution in [0.4, 0.5) is 4.39 Å². The highest BCUT2D eigenvalue weighted by Gasteiger charge is 2.40. The van der Waals surface area contributed by atoms with E-state index in [-0.39, 0.29) is 18.3 Å². The molecule has 2 heterocycles. The molecule has 176 valence electrons. The molecule has 1 aliphatic heterocycles. The summed E-state index contributed by atoms with van der Waals surface area (Å²) in [5.41, 5.74) is 10.4. The number of halogens is 1. The molecule has 2 N–H and O–H groups in total. The van der Waals surface area contributed by atoms with E-state index in [1.165, 1.54) is 12.1 Å². The van der Waals surface area contributed by atoms with Crippen molar-refractivity contribution in [2.24, 2.45) is 5.73 Å². The highest BCUT2D eigenvalue weighted by molar-refractivity contribution is 5.84. The quantitative estimate of drug-likeness (QED) is 0.578. The molecule has 1 fully saturated rings. The highest BCUT2D eigenvalue weighted by atomic mass is 19.1. The summed E-state index contributed by atoms with van der Waals surface area (Å²) in [6.45, 7) is 8.25. The minimum atomic E-state index is -0.845. The number of likely N-dealkylation sites (tertiary alicyclic amines) is 1. The van der Waals surface area contributed by atoms with Crippen molar-refractivity contribution in [1.29, 1.82) is 0 Å². The Labute approximate surface area is 199 Å². The lowest BCUT2D eigenvalue weighted by molar-refractivity contribution is -0.135. The van der Waals surface area contributed by atoms with Crippen molar-refractivity contribution >= 4 is 12.0 Å². The van der Waals surface area contributed by atoms with Gasteiger partial charge in [0.2, 0.25) is 5.91 Å². The van der Waals surface area contributed by atoms with Crippen molar-refractivity contribution in [2.45, 2.75) is 32.2 Å². The van der Waals surface area contributed by atoms with Gasteiger partial charge in [0.05, 0.1) is 30.4 Å². The number of hydrogen-bond acceptors (Lipinski definition) is 4. The maximum absolute atomic E-state index is 13.5. The second-order valence-corrected chi connectivity index (χ2v) is 8.68. The predicted molar refractivity (Wildman–Crippen MR) is 131 cm³/mol. The van der Waals surface area contributed by atoms with Crippen molar-refractivity contribution < 1.29 is 13.9 Å². The average Bonchev–Trinajstić information content (AvgIpc) is 3.27. The summed E-state index contributed by atoms with van der Waals surface area (Å²) < 4.78 is 21.1. The number of ether oxygens (including phenoxy) is 1. The van der Waals surface area contributed by atoms with Gasteiger partial charge in [-0.3, -0.25) is 4.79 Å². The molecule has 0 radical (unpaired) electrons. The zero-order chi connectivity index (χ0) is 24.5. The molecule has 1 unspecified atom stereocenters. The van der Waals surface area contributed by atoms with Gasteiger partial charge in [-0.2, -0.15) is 0 Å². The van der Waals surface area contributed by atoms with Gasteiger partial charge in [-0.1, -0.05) is 24.8 Å². The molecule has 6 nitrogen and oxygen atoms in total. The summed E-state index contributed by atoms with van der Waals surface area (Å²) in [6, 6.07) is 12.0. The van der Waals surface area contributed by atoms with Crippen molar-refractivity contribution in [3.63, 3.8) is 0 Å². The Balaban J connectivity index is 1.69. The van der Waals surface area contributed by atoms with Crippen LogP contribution in [0.5, 0.6) is 5.75 Å². The zero-order valence-electron chi connectivity index (χ0n) is 19.7. The van der Waals surface area contributed by atoms with E-state index in [0.29, 0.717) is 24.3 Å². The third kappa shape index (κ3) is 4.26. The van der Waals surface area contributed by atoms with Gasteiger partial charge in [0, 0.05) is 24.9 Å². The van der Waals surface area contributed by atoms with Crippen LogP contribution in [0.1, 0.15) is 36.6 Å². The minimum absolute atomic E-state index is 0.0529. The summed E-state index contributed by atoms with van der Waals surface area (Å²) in [7, 11) is 1.63. The van der Waals surface area contributed by atoms with E-state index in [2.05, 4.69) is 11.6 Å². The van der Waals surface area contributed by atoms with Crippen molar-refractivity contribution in [3.8, 4) is 11.4 Å². The van der Waals surface area contributed by atoms with Crippen LogP contribution in [0.15, 0.2) is 72.8 Å². The first-order valence-electron chi connectivity index (χ1n) is 11.1. The molecular weight excluding hydrogens is 431 g/mol. The van der Waals surface area contributed by atoms with Crippen LogP contribution in [0.3, 0.4) is 0 Å². The van der Waals surface area contributed by atoms with Gasteiger partial charge >= 0.3 is 0 Å². The summed E-state index contributed by atoms with van der Waals surface area (Å²) >= 11 is 0. The highest BCUT2D eigenvalue weighted by Crippen LogP contribution is 2.39. The standard InChI is InChI=1S/C27H29FN4O2/c1-18-15-31(17-30-18)24-11-5-20(14-25(24)34-4)13-21-6-12-26(33)32(19(21)2)27(3,16-29)22-7-9-23(28)10-8-22/h5,7-11,13-15,17H,2,6,12,16,29H2,1,3-4H3/b21-13+. The van der Waals surface area contributed by atoms with Crippen LogP contribution in [-0.2, 0) is 10.3 Å². The Kier molecular flexibility index (Phi) is 6.39. The number of hydrogen-bond donors (Lipinski definition) is 1. The molecule has 1 aliphatic rings. The fourth-order valence-corrected chi connectivity index (χ4v) is 4.42. The SMILES string of the molecule is C=C1/C(=C/c2ccc(-n3cnc(C)c3)c(OC)c2)CCC(=O)N1C(C)(CN)c1ccc(F)cc1. The van der Waals surface area contributed by atoms with Gasteiger partial charge in [0.25, 0.3) is 0 Å². The second-order valence-electron chi connectivity index (χ2n) is 8.68. The summed E-state index contributed by atoms with van der Waals surface area (Å²) in [5, 5.41) is 0. The molecule has 4 rings (SSSR count). The van der Waals surface area contributed by atoms with E-state index in [9.17, 15) is 9.18 Å². The lowest BCUT2D eigenvalue weighted by Crippen LogP contribution is -2.52. The fraction of sp³-hybridized carbons (Fsp3) is 0.259. The number of carbonyl (C=O) groups excluding carboxylic acids is 1. The average molecular weight is 461 g/mol. The maximum Gasteiger partial charge on any atom is 0.228 e. The normalized spacial score (nSPS) is 17.2. The molecule has 34 heavy (non-hydrogen) atoms. The summed E-state index contributed by atoms with van der Waals surface area (Å²) in [4.78, 5) is 19.0. The van der Waals surface area contributed by atoms with Crippen LogP contribution in [0.2, 0.25) is 0 Å². The van der Waals surface area contributed by atoms with Gasteiger partial charge < -0.3 is 19.9 Å². The first-order valence-corrected chi connectivity index (χ1v) is 11.1. The van der Waals surface area contributed by atoms with E-state index in [0.717, 1.165) is 28.1 Å². The second kappa shape index (κ2) is 9.27. The van der Waals surface area contributed by atoms with Gasteiger partial charge in [-0.15, -0.1) is 0 Å². The third-order valence-electron chi connectivity index (χ3n) is 6.39. The lowest BCUT2D eigenvalue weighted by atomic mass is 9.85. The number of aryl methyl sites for hydroxylation is 1. The van der Waals surface area contributed by atoms with E-state index >= 15 is 0 Å². The van der Waals surface area contributed by atoms with E-state index in [1.54, 1.807) is 30.5 Å². The Bertz CT molecular complexity index is 1260. The summed E-state index contributed by atoms with van der Waals surface area (Å²) in [5.74, 6) is 0.317. The number of aromatic nitrogens is 2. The van der Waals surface area contributed by atoms with Gasteiger partial charge in [0.1, 0.15) is 11.6 Å². The van der Waals surface area contributed by atoms with Crippen LogP contribution >= 0.6 is 0 Å². The number of amides is 1. The van der Waals surface area contributed by atoms with Crippen LogP contribution in [0, 0.1) is 12.7 Å². The molecule has 0 saturated carbocycles. The van der Waals surface area contributed by atoms with Gasteiger partial charge in [-0.05, 0) is 67.3 Å². The number of imidazole rings is 1. The van der Waals surface area contributed by atoms with Crippen LogP contribution in [0.25, 0.3) is 11.8 Å². The Morgan fingerprint density at radius 2 is 1.97 bits per heavy atom. The van der Waals surface area contributed by atoms with Crippen LogP contribution < -0.4 is 10.5 Å². The van der Waals surface area contributed by atoms with E-state index in [1.807, 2.05) is 48.9 Å².